The number of piperidine rings is 1. The number of hydrogen-bond acceptors (Lipinski definition) is 5. The molecule has 0 bridgehead atoms. The number of carbonyl (C=O) groups is 1. The van der Waals surface area contributed by atoms with Crippen molar-refractivity contribution in [3.05, 3.63) is 60.2 Å². The molecule has 0 radical (unpaired) electrons. The lowest BCUT2D eigenvalue weighted by Gasteiger charge is -2.26. The number of ether oxygens (including phenoxy) is 2. The fourth-order valence-corrected chi connectivity index (χ4v) is 3.40. The van der Waals surface area contributed by atoms with Gasteiger partial charge in [-0.1, -0.05) is 30.3 Å². The number of nitrogens with zero attached hydrogens (tertiary/aromatic N) is 1. The van der Waals surface area contributed by atoms with Gasteiger partial charge in [-0.15, -0.1) is 0 Å². The molecule has 1 atom stereocenters. The Morgan fingerprint density at radius 2 is 1.67 bits per heavy atom. The van der Waals surface area contributed by atoms with Crippen LogP contribution in [0.15, 0.2) is 54.6 Å². The van der Waals surface area contributed by atoms with E-state index >= 15 is 0 Å². The minimum Gasteiger partial charge on any atom is -0.491 e. The molecular weight excluding hydrogens is 380 g/mol. The maximum Gasteiger partial charge on any atom is 0.260 e. The van der Waals surface area contributed by atoms with E-state index in [9.17, 15) is 9.90 Å². The van der Waals surface area contributed by atoms with E-state index < -0.39 is 6.10 Å². The van der Waals surface area contributed by atoms with Gasteiger partial charge in [0.15, 0.2) is 6.61 Å². The van der Waals surface area contributed by atoms with E-state index in [4.69, 9.17) is 9.47 Å². The van der Waals surface area contributed by atoms with Crippen LogP contribution in [0.1, 0.15) is 24.8 Å². The molecule has 0 spiro atoms. The Kier molecular flexibility index (Phi) is 9.00. The standard InChI is InChI=1S/C24H32N2O4/c27-21(18-29-22-7-3-1-4-8-22)17-25-14-13-20-9-11-23(12-10-20)30-19-24(28)26-15-5-2-6-16-26/h1,3-4,7-12,21,25,27H,2,5-6,13-19H2. The fourth-order valence-electron chi connectivity index (χ4n) is 3.40. The number of amides is 1. The fraction of sp³-hybridized carbons (Fsp3) is 0.458. The third kappa shape index (κ3) is 7.69. The molecule has 1 aliphatic heterocycles. The van der Waals surface area contributed by atoms with Crippen molar-refractivity contribution >= 4 is 5.91 Å². The second-order valence-corrected chi connectivity index (χ2v) is 7.61. The SMILES string of the molecule is O=C(COc1ccc(CCNCC(O)COc2ccccc2)cc1)N1CCCCC1. The molecule has 1 amide bonds. The summed E-state index contributed by atoms with van der Waals surface area (Å²) in [6.07, 6.45) is 3.68. The van der Waals surface area contributed by atoms with Crippen LogP contribution in [0.4, 0.5) is 0 Å². The summed E-state index contributed by atoms with van der Waals surface area (Å²) < 4.78 is 11.2. The van der Waals surface area contributed by atoms with Gasteiger partial charge < -0.3 is 24.8 Å². The Morgan fingerprint density at radius 1 is 0.967 bits per heavy atom. The van der Waals surface area contributed by atoms with Crippen LogP contribution in [0.3, 0.4) is 0 Å². The lowest BCUT2D eigenvalue weighted by Crippen LogP contribution is -2.38. The first kappa shape index (κ1) is 22.1. The number of aliphatic hydroxyl groups is 1. The summed E-state index contributed by atoms with van der Waals surface area (Å²) >= 11 is 0. The van der Waals surface area contributed by atoms with Gasteiger partial charge in [0.25, 0.3) is 5.91 Å². The lowest BCUT2D eigenvalue weighted by atomic mass is 10.1. The van der Waals surface area contributed by atoms with Gasteiger partial charge in [-0.3, -0.25) is 4.79 Å². The second-order valence-electron chi connectivity index (χ2n) is 7.61. The maximum absolute atomic E-state index is 12.2. The Labute approximate surface area is 178 Å². The average molecular weight is 413 g/mol. The number of benzene rings is 2. The molecule has 1 heterocycles. The summed E-state index contributed by atoms with van der Waals surface area (Å²) in [5, 5.41) is 13.3. The molecule has 30 heavy (non-hydrogen) atoms. The van der Waals surface area contributed by atoms with Crippen LogP contribution < -0.4 is 14.8 Å². The van der Waals surface area contributed by atoms with E-state index in [1.165, 1.54) is 12.0 Å². The average Bonchev–Trinajstić information content (AvgIpc) is 2.81. The zero-order valence-electron chi connectivity index (χ0n) is 17.5. The number of hydrogen-bond donors (Lipinski definition) is 2. The maximum atomic E-state index is 12.2. The Hall–Kier alpha value is -2.57. The molecule has 2 N–H and O–H groups in total. The largest absolute Gasteiger partial charge is 0.491 e. The second kappa shape index (κ2) is 12.2. The Bertz CT molecular complexity index is 746. The molecule has 0 aliphatic carbocycles. The van der Waals surface area contributed by atoms with Crippen molar-refractivity contribution in [3.8, 4) is 11.5 Å². The monoisotopic (exact) mass is 412 g/mol. The highest BCUT2D eigenvalue weighted by molar-refractivity contribution is 5.77. The highest BCUT2D eigenvalue weighted by Crippen LogP contribution is 2.14. The quantitative estimate of drug-likeness (QED) is 0.555. The van der Waals surface area contributed by atoms with Crippen LogP contribution in [0.2, 0.25) is 0 Å². The minimum absolute atomic E-state index is 0.0674. The van der Waals surface area contributed by atoms with Gasteiger partial charge in [-0.05, 0) is 62.1 Å². The first-order valence-electron chi connectivity index (χ1n) is 10.8. The van der Waals surface area contributed by atoms with Gasteiger partial charge in [0, 0.05) is 19.6 Å². The zero-order chi connectivity index (χ0) is 21.0. The van der Waals surface area contributed by atoms with E-state index in [-0.39, 0.29) is 19.1 Å². The smallest absolute Gasteiger partial charge is 0.260 e. The summed E-state index contributed by atoms with van der Waals surface area (Å²) in [5.74, 6) is 1.54. The van der Waals surface area contributed by atoms with Crippen molar-refractivity contribution in [2.45, 2.75) is 31.8 Å². The van der Waals surface area contributed by atoms with Crippen LogP contribution in [-0.2, 0) is 11.2 Å². The zero-order valence-corrected chi connectivity index (χ0v) is 17.5. The molecule has 3 rings (SSSR count). The van der Waals surface area contributed by atoms with Crippen molar-refractivity contribution in [1.29, 1.82) is 0 Å². The van der Waals surface area contributed by atoms with Crippen LogP contribution in [0, 0.1) is 0 Å². The van der Waals surface area contributed by atoms with Gasteiger partial charge in [0.05, 0.1) is 0 Å². The highest BCUT2D eigenvalue weighted by Gasteiger charge is 2.16. The first-order chi connectivity index (χ1) is 14.7. The van der Waals surface area contributed by atoms with Crippen molar-refractivity contribution in [3.63, 3.8) is 0 Å². The number of likely N-dealkylation sites (tertiary alicyclic amines) is 1. The number of para-hydroxylation sites is 1. The normalized spacial score (nSPS) is 14.9. The molecule has 0 saturated carbocycles. The summed E-state index contributed by atoms with van der Waals surface area (Å²) in [4.78, 5) is 14.0. The molecule has 6 heteroatoms. The van der Waals surface area contributed by atoms with Crippen LogP contribution >= 0.6 is 0 Å². The molecule has 1 saturated heterocycles. The predicted octanol–water partition coefficient (Wildman–Crippen LogP) is 2.65. The highest BCUT2D eigenvalue weighted by atomic mass is 16.5. The number of carbonyl (C=O) groups excluding carboxylic acids is 1. The van der Waals surface area contributed by atoms with Gasteiger partial charge in [0.2, 0.25) is 0 Å². The molecule has 6 nitrogen and oxygen atoms in total. The molecule has 1 unspecified atom stereocenters. The van der Waals surface area contributed by atoms with Crippen molar-refractivity contribution < 1.29 is 19.4 Å². The third-order valence-electron chi connectivity index (χ3n) is 5.15. The molecule has 1 fully saturated rings. The van der Waals surface area contributed by atoms with E-state index in [1.54, 1.807) is 0 Å². The van der Waals surface area contributed by atoms with Gasteiger partial charge in [0.1, 0.15) is 24.2 Å². The van der Waals surface area contributed by atoms with E-state index in [1.807, 2.05) is 59.5 Å². The van der Waals surface area contributed by atoms with E-state index in [0.717, 1.165) is 44.6 Å². The molecule has 162 valence electrons. The van der Waals surface area contributed by atoms with Gasteiger partial charge in [-0.2, -0.15) is 0 Å². The molecule has 2 aromatic rings. The summed E-state index contributed by atoms with van der Waals surface area (Å²) in [6.45, 7) is 3.30. The summed E-state index contributed by atoms with van der Waals surface area (Å²) in [6, 6.07) is 17.3. The summed E-state index contributed by atoms with van der Waals surface area (Å²) in [5.41, 5.74) is 1.17. The Morgan fingerprint density at radius 3 is 2.40 bits per heavy atom. The molecule has 1 aliphatic rings. The number of aliphatic hydroxyl groups excluding tert-OH is 1. The van der Waals surface area contributed by atoms with Crippen molar-refractivity contribution in [2.24, 2.45) is 0 Å². The van der Waals surface area contributed by atoms with Gasteiger partial charge >= 0.3 is 0 Å². The summed E-state index contributed by atoms with van der Waals surface area (Å²) in [7, 11) is 0. The van der Waals surface area contributed by atoms with Crippen LogP contribution in [-0.4, -0.2) is 61.4 Å². The minimum atomic E-state index is -0.557. The van der Waals surface area contributed by atoms with Crippen molar-refractivity contribution in [2.75, 3.05) is 39.4 Å². The van der Waals surface area contributed by atoms with Crippen LogP contribution in [0.25, 0.3) is 0 Å². The molecule has 2 aromatic carbocycles. The van der Waals surface area contributed by atoms with E-state index in [2.05, 4.69) is 5.32 Å². The lowest BCUT2D eigenvalue weighted by molar-refractivity contribution is -0.134. The Balaban J connectivity index is 1.28. The third-order valence-corrected chi connectivity index (χ3v) is 5.15. The van der Waals surface area contributed by atoms with Crippen molar-refractivity contribution in [1.82, 2.24) is 10.2 Å². The molecular formula is C24H32N2O4. The first-order valence-corrected chi connectivity index (χ1v) is 10.8. The number of rotatable bonds is 11. The van der Waals surface area contributed by atoms with Crippen LogP contribution in [0.5, 0.6) is 11.5 Å². The predicted molar refractivity (Wildman–Crippen MR) is 117 cm³/mol. The number of nitrogens with one attached hydrogen (secondary N) is 1. The van der Waals surface area contributed by atoms with Gasteiger partial charge in [-0.25, -0.2) is 0 Å². The molecule has 0 aromatic heterocycles. The van der Waals surface area contributed by atoms with E-state index in [0.29, 0.717) is 12.3 Å². The topological polar surface area (TPSA) is 71.0 Å².